The summed E-state index contributed by atoms with van der Waals surface area (Å²) in [6, 6.07) is 7.41. The zero-order valence-electron chi connectivity index (χ0n) is 15.4. The maximum absolute atomic E-state index is 12.7. The highest BCUT2D eigenvalue weighted by molar-refractivity contribution is 7.15. The molecule has 0 saturated heterocycles. The van der Waals surface area contributed by atoms with Gasteiger partial charge in [0.2, 0.25) is 5.13 Å². The van der Waals surface area contributed by atoms with Crippen LogP contribution in [0.15, 0.2) is 24.3 Å². The topological polar surface area (TPSA) is 94.1 Å². The Labute approximate surface area is 160 Å². The lowest BCUT2D eigenvalue weighted by Gasteiger charge is -2.13. The van der Waals surface area contributed by atoms with E-state index in [0.717, 1.165) is 28.2 Å². The number of hydrogen-bond donors (Lipinski definition) is 1. The number of hydrogen-bond acceptors (Lipinski definition) is 7. The van der Waals surface area contributed by atoms with Crippen LogP contribution >= 0.6 is 11.3 Å². The standard InChI is InChI=1S/C19H20N4O3S/c1-4-13-11(3)17(12-8-6-7-9-14(12)20-13)18(25)26-10-15(24)21-19-23-22-16(5-2)27-19/h6-9H,4-5,10H2,1-3H3,(H,21,23,24). The summed E-state index contributed by atoms with van der Waals surface area (Å²) in [6.45, 7) is 5.40. The third kappa shape index (κ3) is 4.11. The Morgan fingerprint density at radius 3 is 2.63 bits per heavy atom. The van der Waals surface area contributed by atoms with Crippen molar-refractivity contribution in [2.24, 2.45) is 0 Å². The molecule has 0 saturated carbocycles. The van der Waals surface area contributed by atoms with Crippen molar-refractivity contribution in [2.45, 2.75) is 33.6 Å². The van der Waals surface area contributed by atoms with Gasteiger partial charge < -0.3 is 4.74 Å². The van der Waals surface area contributed by atoms with E-state index in [1.165, 1.54) is 11.3 Å². The maximum atomic E-state index is 12.7. The van der Waals surface area contributed by atoms with Gasteiger partial charge in [-0.25, -0.2) is 4.79 Å². The molecule has 0 bridgehead atoms. The highest BCUT2D eigenvalue weighted by atomic mass is 32.1. The summed E-state index contributed by atoms with van der Waals surface area (Å²) in [5.74, 6) is -0.989. The number of anilines is 1. The Bertz CT molecular complexity index is 1000. The van der Waals surface area contributed by atoms with Crippen molar-refractivity contribution in [1.82, 2.24) is 15.2 Å². The number of para-hydroxylation sites is 1. The fraction of sp³-hybridized carbons (Fsp3) is 0.316. The first-order chi connectivity index (χ1) is 13.0. The van der Waals surface area contributed by atoms with Gasteiger partial charge in [0.25, 0.3) is 5.91 Å². The molecule has 0 fully saturated rings. The molecule has 1 aromatic carbocycles. The lowest BCUT2D eigenvalue weighted by molar-refractivity contribution is -0.119. The number of ether oxygens (including phenoxy) is 1. The quantitative estimate of drug-likeness (QED) is 0.655. The molecule has 27 heavy (non-hydrogen) atoms. The van der Waals surface area contributed by atoms with Gasteiger partial charge >= 0.3 is 5.97 Å². The number of aromatic nitrogens is 3. The fourth-order valence-electron chi connectivity index (χ4n) is 2.77. The number of carbonyl (C=O) groups is 2. The summed E-state index contributed by atoms with van der Waals surface area (Å²) in [6.07, 6.45) is 1.45. The summed E-state index contributed by atoms with van der Waals surface area (Å²) < 4.78 is 5.26. The van der Waals surface area contributed by atoms with Crippen molar-refractivity contribution in [2.75, 3.05) is 11.9 Å². The number of amides is 1. The van der Waals surface area contributed by atoms with E-state index in [2.05, 4.69) is 20.5 Å². The minimum atomic E-state index is -0.539. The van der Waals surface area contributed by atoms with E-state index >= 15 is 0 Å². The summed E-state index contributed by atoms with van der Waals surface area (Å²) in [5, 5.41) is 12.3. The molecular formula is C19H20N4O3S. The SMILES string of the molecule is CCc1nnc(NC(=O)COC(=O)c2c(C)c(CC)nc3ccccc23)s1. The average molecular weight is 384 g/mol. The van der Waals surface area contributed by atoms with Gasteiger partial charge in [0, 0.05) is 11.1 Å². The molecule has 2 heterocycles. The van der Waals surface area contributed by atoms with Crippen molar-refractivity contribution in [1.29, 1.82) is 0 Å². The van der Waals surface area contributed by atoms with Crippen molar-refractivity contribution < 1.29 is 14.3 Å². The Morgan fingerprint density at radius 2 is 1.93 bits per heavy atom. The third-order valence-electron chi connectivity index (χ3n) is 4.13. The predicted molar refractivity (Wildman–Crippen MR) is 104 cm³/mol. The van der Waals surface area contributed by atoms with Crippen LogP contribution < -0.4 is 5.32 Å². The Morgan fingerprint density at radius 1 is 1.15 bits per heavy atom. The van der Waals surface area contributed by atoms with Crippen LogP contribution in [0, 0.1) is 6.92 Å². The molecular weight excluding hydrogens is 364 g/mol. The number of aryl methyl sites for hydroxylation is 2. The molecule has 8 heteroatoms. The van der Waals surface area contributed by atoms with Crippen LogP contribution in [0.3, 0.4) is 0 Å². The number of benzene rings is 1. The lowest BCUT2D eigenvalue weighted by atomic mass is 10.0. The van der Waals surface area contributed by atoms with Crippen LogP contribution in [0.5, 0.6) is 0 Å². The maximum Gasteiger partial charge on any atom is 0.339 e. The molecule has 0 radical (unpaired) electrons. The normalized spacial score (nSPS) is 10.8. The molecule has 3 aromatic rings. The van der Waals surface area contributed by atoms with Crippen LogP contribution in [0.2, 0.25) is 0 Å². The van der Waals surface area contributed by atoms with Gasteiger partial charge in [-0.2, -0.15) is 0 Å². The van der Waals surface area contributed by atoms with E-state index in [4.69, 9.17) is 4.74 Å². The van der Waals surface area contributed by atoms with Crippen LogP contribution in [0.25, 0.3) is 10.9 Å². The van der Waals surface area contributed by atoms with Gasteiger partial charge in [0.1, 0.15) is 5.01 Å². The molecule has 0 aliphatic heterocycles. The second-order valence-electron chi connectivity index (χ2n) is 5.91. The van der Waals surface area contributed by atoms with Crippen LogP contribution in [-0.2, 0) is 22.4 Å². The van der Waals surface area contributed by atoms with E-state index in [9.17, 15) is 9.59 Å². The van der Waals surface area contributed by atoms with Crippen LogP contribution in [-0.4, -0.2) is 33.7 Å². The summed E-state index contributed by atoms with van der Waals surface area (Å²) in [4.78, 5) is 29.4. The van der Waals surface area contributed by atoms with E-state index in [-0.39, 0.29) is 0 Å². The number of rotatable bonds is 6. The smallest absolute Gasteiger partial charge is 0.339 e. The molecule has 0 aliphatic carbocycles. The lowest BCUT2D eigenvalue weighted by Crippen LogP contribution is -2.21. The van der Waals surface area contributed by atoms with E-state index in [1.54, 1.807) is 0 Å². The minimum Gasteiger partial charge on any atom is -0.452 e. The Hall–Kier alpha value is -2.87. The number of nitrogens with zero attached hydrogens (tertiary/aromatic N) is 3. The fourth-order valence-corrected chi connectivity index (χ4v) is 3.47. The van der Waals surface area contributed by atoms with Gasteiger partial charge in [-0.3, -0.25) is 15.1 Å². The number of esters is 1. The van der Waals surface area contributed by atoms with Gasteiger partial charge in [0.05, 0.1) is 11.1 Å². The van der Waals surface area contributed by atoms with Crippen molar-refractivity contribution in [3.05, 3.63) is 46.1 Å². The third-order valence-corrected chi connectivity index (χ3v) is 5.11. The number of carbonyl (C=O) groups excluding carboxylic acids is 2. The molecule has 1 N–H and O–H groups in total. The number of pyridine rings is 1. The molecule has 140 valence electrons. The number of fused-ring (bicyclic) bond motifs is 1. The van der Waals surface area contributed by atoms with Crippen LogP contribution in [0.4, 0.5) is 5.13 Å². The second-order valence-corrected chi connectivity index (χ2v) is 6.97. The Balaban J connectivity index is 1.76. The van der Waals surface area contributed by atoms with Crippen molar-refractivity contribution in [3.63, 3.8) is 0 Å². The first kappa shape index (κ1) is 18.9. The zero-order valence-corrected chi connectivity index (χ0v) is 16.2. The van der Waals surface area contributed by atoms with Gasteiger partial charge in [-0.05, 0) is 31.4 Å². The van der Waals surface area contributed by atoms with Crippen molar-refractivity contribution in [3.8, 4) is 0 Å². The van der Waals surface area contributed by atoms with Gasteiger partial charge in [0.15, 0.2) is 6.61 Å². The molecule has 0 unspecified atom stereocenters. The predicted octanol–water partition coefficient (Wildman–Crippen LogP) is 3.32. The number of nitrogens with one attached hydrogen (secondary N) is 1. The van der Waals surface area contributed by atoms with Crippen LogP contribution in [0.1, 0.15) is 40.5 Å². The monoisotopic (exact) mass is 384 g/mol. The molecule has 0 spiro atoms. The van der Waals surface area contributed by atoms with E-state index in [0.29, 0.717) is 22.5 Å². The minimum absolute atomic E-state index is 0.391. The molecule has 1 amide bonds. The average Bonchev–Trinajstić information content (AvgIpc) is 3.13. The molecule has 0 atom stereocenters. The summed E-state index contributed by atoms with van der Waals surface area (Å²) in [5.41, 5.74) is 2.80. The largest absolute Gasteiger partial charge is 0.452 e. The zero-order chi connectivity index (χ0) is 19.4. The summed E-state index contributed by atoms with van der Waals surface area (Å²) in [7, 11) is 0. The highest BCUT2D eigenvalue weighted by Gasteiger charge is 2.19. The van der Waals surface area contributed by atoms with Gasteiger partial charge in [-0.1, -0.05) is 43.4 Å². The highest BCUT2D eigenvalue weighted by Crippen LogP contribution is 2.24. The van der Waals surface area contributed by atoms with E-state index < -0.39 is 18.5 Å². The van der Waals surface area contributed by atoms with Crippen molar-refractivity contribution >= 4 is 39.2 Å². The molecule has 0 aliphatic rings. The molecule has 7 nitrogen and oxygen atoms in total. The first-order valence-electron chi connectivity index (χ1n) is 8.71. The second kappa shape index (κ2) is 8.22. The Kier molecular flexibility index (Phi) is 5.75. The first-order valence-corrected chi connectivity index (χ1v) is 9.52. The van der Waals surface area contributed by atoms with Gasteiger partial charge in [-0.15, -0.1) is 10.2 Å². The summed E-state index contributed by atoms with van der Waals surface area (Å²) >= 11 is 1.30. The van der Waals surface area contributed by atoms with E-state index in [1.807, 2.05) is 45.0 Å². The molecule has 2 aromatic heterocycles. The molecule has 3 rings (SSSR count).